The van der Waals surface area contributed by atoms with Crippen molar-refractivity contribution in [2.75, 3.05) is 5.50 Å². The topological polar surface area (TPSA) is 0 Å². The van der Waals surface area contributed by atoms with Crippen molar-refractivity contribution >= 4 is 29.2 Å². The third-order valence-corrected chi connectivity index (χ3v) is 9.54. The van der Waals surface area contributed by atoms with E-state index in [1.165, 1.54) is 5.67 Å². The molecular weight excluding hydrogens is 152 g/mol. The molecule has 0 N–H and O–H groups in total. The molecule has 0 saturated carbocycles. The summed E-state index contributed by atoms with van der Waals surface area (Å²) in [7, 11) is -0.556. The smallest absolute Gasteiger partial charge is 0.0411 e. The second-order valence-electron chi connectivity index (χ2n) is 3.35. The molecule has 0 aromatic heterocycles. The maximum atomic E-state index is 5.59. The predicted octanol–water partition coefficient (Wildman–Crippen LogP) is 1.65. The second kappa shape index (κ2) is 3.69. The van der Waals surface area contributed by atoms with Crippen molar-refractivity contribution in [1.29, 1.82) is 0 Å². The Morgan fingerprint density at radius 1 is 1.38 bits per heavy atom. The predicted molar refractivity (Wildman–Crippen MR) is 47.4 cm³/mol. The highest BCUT2D eigenvalue weighted by Crippen LogP contribution is 2.05. The summed E-state index contributed by atoms with van der Waals surface area (Å²) >= 11 is 5.59. The molecule has 0 aliphatic rings. The zero-order valence-corrected chi connectivity index (χ0v) is 9.17. The van der Waals surface area contributed by atoms with Gasteiger partial charge in [-0.1, -0.05) is 25.3 Å². The van der Waals surface area contributed by atoms with E-state index < -0.39 is 8.07 Å². The molecule has 0 aliphatic carbocycles. The summed E-state index contributed by atoms with van der Waals surface area (Å²) < 4.78 is 0. The Bertz CT molecular complexity index is 57.9. The highest BCUT2D eigenvalue weighted by molar-refractivity contribution is 6.84. The molecule has 0 rings (SSSR count). The maximum absolute atomic E-state index is 5.59. The molecule has 0 spiro atoms. The van der Waals surface area contributed by atoms with E-state index in [0.29, 0.717) is 0 Å². The third kappa shape index (κ3) is 6.72. The summed E-state index contributed by atoms with van der Waals surface area (Å²) in [4.78, 5) is 0. The first-order valence-corrected chi connectivity index (χ1v) is 9.36. The molecule has 0 saturated heterocycles. The molecule has 0 radical (unpaired) electrons. The molecule has 0 aromatic rings. The summed E-state index contributed by atoms with van der Waals surface area (Å²) in [6.45, 7) is 7.23. The van der Waals surface area contributed by atoms with Gasteiger partial charge in [-0.05, 0) is 0 Å². The number of alkyl halides is 1. The van der Waals surface area contributed by atoms with E-state index in [2.05, 4.69) is 19.6 Å². The van der Waals surface area contributed by atoms with Crippen LogP contribution in [-0.4, -0.2) is 23.1 Å². The molecule has 0 amide bonds. The lowest BCUT2D eigenvalue weighted by molar-refractivity contribution is 1.62. The van der Waals surface area contributed by atoms with Crippen molar-refractivity contribution < 1.29 is 0 Å². The van der Waals surface area contributed by atoms with Gasteiger partial charge in [0.2, 0.25) is 0 Å². The fourth-order valence-electron chi connectivity index (χ4n) is 0.597. The molecule has 8 heavy (non-hydrogen) atoms. The molecular formula is C5H15ClSi2. The number of hydrogen-bond donors (Lipinski definition) is 0. The Balaban J connectivity index is 3.11. The van der Waals surface area contributed by atoms with E-state index in [1.807, 2.05) is 0 Å². The Morgan fingerprint density at radius 3 is 2.00 bits per heavy atom. The minimum absolute atomic E-state index is 0.145. The molecule has 0 aromatic carbocycles. The fraction of sp³-hybridized carbons (Fsp3) is 1.00. The Hall–Kier alpha value is 0.724. The summed E-state index contributed by atoms with van der Waals surface area (Å²) in [5.74, 6) is 0. The molecule has 0 fully saturated rings. The van der Waals surface area contributed by atoms with Crippen molar-refractivity contribution in [3.05, 3.63) is 0 Å². The average Bonchev–Trinajstić information content (AvgIpc) is 1.59. The van der Waals surface area contributed by atoms with Crippen LogP contribution in [0.1, 0.15) is 0 Å². The van der Waals surface area contributed by atoms with Gasteiger partial charge in [0.15, 0.2) is 0 Å². The van der Waals surface area contributed by atoms with Crippen LogP contribution < -0.4 is 0 Å². The zero-order valence-electron chi connectivity index (χ0n) is 6.00. The lowest BCUT2D eigenvalue weighted by atomic mass is 11.7. The van der Waals surface area contributed by atoms with Crippen LogP contribution in [0.3, 0.4) is 0 Å². The summed E-state index contributed by atoms with van der Waals surface area (Å²) in [6.07, 6.45) is 0. The van der Waals surface area contributed by atoms with Gasteiger partial charge < -0.3 is 0 Å². The number of hydrogen-bond acceptors (Lipinski definition) is 0. The minimum Gasteiger partial charge on any atom is -0.131 e. The monoisotopic (exact) mass is 166 g/mol. The van der Waals surface area contributed by atoms with Gasteiger partial charge in [-0.2, -0.15) is 0 Å². The molecule has 50 valence electrons. The number of halogens is 1. The van der Waals surface area contributed by atoms with Crippen LogP contribution in [0.2, 0.25) is 25.3 Å². The summed E-state index contributed by atoms with van der Waals surface area (Å²) in [5, 5.41) is 0. The first kappa shape index (κ1) is 8.72. The first-order valence-electron chi connectivity index (χ1n) is 3.12. The molecule has 0 heterocycles. The van der Waals surface area contributed by atoms with Crippen LogP contribution in [0.4, 0.5) is 0 Å². The maximum Gasteiger partial charge on any atom is 0.0411 e. The van der Waals surface area contributed by atoms with Crippen molar-refractivity contribution in [3.8, 4) is 0 Å². The highest BCUT2D eigenvalue weighted by atomic mass is 35.5. The van der Waals surface area contributed by atoms with Crippen molar-refractivity contribution in [2.45, 2.75) is 25.3 Å². The first-order chi connectivity index (χ1) is 3.56. The van der Waals surface area contributed by atoms with E-state index in [0.717, 1.165) is 5.50 Å². The highest BCUT2D eigenvalue weighted by Gasteiger charge is 2.10. The SMILES string of the molecule is C[Si](C)(C)C[SiH2]CCl. The van der Waals surface area contributed by atoms with E-state index in [9.17, 15) is 0 Å². The van der Waals surface area contributed by atoms with Gasteiger partial charge in [0, 0.05) is 23.1 Å². The standard InChI is InChI=1S/C5H15ClSi2/c1-8(2,3)5-7-4-6/h4-5,7H2,1-3H3. The minimum atomic E-state index is -0.701. The molecule has 0 nitrogen and oxygen atoms in total. The largest absolute Gasteiger partial charge is 0.131 e. The van der Waals surface area contributed by atoms with E-state index in [-0.39, 0.29) is 9.52 Å². The van der Waals surface area contributed by atoms with Crippen LogP contribution in [-0.2, 0) is 0 Å². The fourth-order valence-corrected chi connectivity index (χ4v) is 6.58. The van der Waals surface area contributed by atoms with E-state index in [4.69, 9.17) is 11.6 Å². The third-order valence-electron chi connectivity index (χ3n) is 1.06. The molecule has 0 aliphatic heterocycles. The van der Waals surface area contributed by atoms with Crippen LogP contribution in [0.25, 0.3) is 0 Å². The van der Waals surface area contributed by atoms with Crippen LogP contribution in [0.5, 0.6) is 0 Å². The van der Waals surface area contributed by atoms with Crippen molar-refractivity contribution in [1.82, 2.24) is 0 Å². The Morgan fingerprint density at radius 2 is 1.88 bits per heavy atom. The Kier molecular flexibility index (Phi) is 4.03. The summed E-state index contributed by atoms with van der Waals surface area (Å²) in [5.41, 5.74) is 2.49. The van der Waals surface area contributed by atoms with Gasteiger partial charge in [0.1, 0.15) is 0 Å². The Labute approximate surface area is 60.5 Å². The van der Waals surface area contributed by atoms with E-state index in [1.54, 1.807) is 0 Å². The van der Waals surface area contributed by atoms with Gasteiger partial charge in [0.25, 0.3) is 0 Å². The molecule has 3 heteroatoms. The lowest BCUT2D eigenvalue weighted by Crippen LogP contribution is -2.22. The van der Waals surface area contributed by atoms with Crippen LogP contribution in [0, 0.1) is 0 Å². The van der Waals surface area contributed by atoms with E-state index >= 15 is 0 Å². The summed E-state index contributed by atoms with van der Waals surface area (Å²) in [6, 6.07) is 0. The average molecular weight is 167 g/mol. The normalized spacial score (nSPS) is 13.5. The lowest BCUT2D eigenvalue weighted by Gasteiger charge is -2.12. The molecule has 0 unspecified atom stereocenters. The van der Waals surface area contributed by atoms with Gasteiger partial charge in [-0.25, -0.2) is 0 Å². The second-order valence-corrected chi connectivity index (χ2v) is 12.7. The molecule has 0 bridgehead atoms. The van der Waals surface area contributed by atoms with Crippen molar-refractivity contribution in [2.24, 2.45) is 0 Å². The van der Waals surface area contributed by atoms with Gasteiger partial charge in [-0.15, -0.1) is 11.6 Å². The zero-order chi connectivity index (χ0) is 6.62. The number of rotatable bonds is 3. The van der Waals surface area contributed by atoms with Crippen LogP contribution in [0.15, 0.2) is 0 Å². The van der Waals surface area contributed by atoms with Gasteiger partial charge in [0.05, 0.1) is 0 Å². The van der Waals surface area contributed by atoms with Gasteiger partial charge >= 0.3 is 0 Å². The van der Waals surface area contributed by atoms with Crippen molar-refractivity contribution in [3.63, 3.8) is 0 Å². The molecule has 0 atom stereocenters. The van der Waals surface area contributed by atoms with Crippen LogP contribution >= 0.6 is 11.6 Å². The quantitative estimate of drug-likeness (QED) is 0.442. The van der Waals surface area contributed by atoms with Gasteiger partial charge in [-0.3, -0.25) is 0 Å².